The third kappa shape index (κ3) is 13.5. The average Bonchev–Trinajstić information content (AvgIpc) is 2.78. The molecule has 0 saturated heterocycles. The predicted molar refractivity (Wildman–Crippen MR) is 136 cm³/mol. The molecule has 0 atom stereocenters. The minimum atomic E-state index is -1.25. The first kappa shape index (κ1) is 32.3. The van der Waals surface area contributed by atoms with Gasteiger partial charge in [0.05, 0.1) is 43.6 Å². The van der Waals surface area contributed by atoms with Gasteiger partial charge in [-0.25, -0.2) is 9.59 Å². The van der Waals surface area contributed by atoms with Crippen LogP contribution in [0.4, 0.5) is 5.69 Å². The second kappa shape index (κ2) is 16.2. The van der Waals surface area contributed by atoms with Crippen molar-refractivity contribution in [1.82, 2.24) is 9.80 Å². The lowest BCUT2D eigenvalue weighted by Gasteiger charge is -2.37. The maximum absolute atomic E-state index is 11.7. The number of rotatable bonds is 20. The van der Waals surface area contributed by atoms with Gasteiger partial charge in [-0.1, -0.05) is 12.1 Å². The number of thiocarbonyl (C=S) groups is 1. The molecule has 38 heavy (non-hydrogen) atoms. The molecule has 0 radical (unpaired) electrons. The zero-order valence-corrected chi connectivity index (χ0v) is 21.4. The first-order valence-corrected chi connectivity index (χ1v) is 11.8. The van der Waals surface area contributed by atoms with E-state index in [0.29, 0.717) is 12.1 Å². The molecule has 0 spiro atoms. The molecule has 0 aliphatic heterocycles. The zero-order valence-electron chi connectivity index (χ0n) is 20.6. The number of carbonyl (C=O) groups is 5. The highest BCUT2D eigenvalue weighted by Crippen LogP contribution is 2.16. The fourth-order valence-corrected chi connectivity index (χ4v) is 4.01. The van der Waals surface area contributed by atoms with Crippen LogP contribution in [0.3, 0.4) is 0 Å². The first-order valence-electron chi connectivity index (χ1n) is 11.4. The fraction of sp³-hybridized carbons (Fsp3) is 0.478. The summed E-state index contributed by atoms with van der Waals surface area (Å²) in [6.07, 6.45) is 0.325. The number of carboxylic acids is 5. The van der Waals surface area contributed by atoms with Gasteiger partial charge in [-0.05, 0) is 29.9 Å². The second-order valence-electron chi connectivity index (χ2n) is 8.68. The molecule has 0 bridgehead atoms. The molecule has 1 aromatic rings. The van der Waals surface area contributed by atoms with E-state index in [1.807, 2.05) is 0 Å². The van der Waals surface area contributed by atoms with Crippen LogP contribution in [0.1, 0.15) is 5.56 Å². The van der Waals surface area contributed by atoms with Gasteiger partial charge in [0.25, 0.3) is 0 Å². The van der Waals surface area contributed by atoms with E-state index in [-0.39, 0.29) is 37.2 Å². The Morgan fingerprint density at radius 2 is 1.18 bits per heavy atom. The summed E-state index contributed by atoms with van der Waals surface area (Å²) in [4.78, 5) is 63.3. The maximum Gasteiger partial charge on any atom is 0.359 e. The van der Waals surface area contributed by atoms with Crippen LogP contribution in [-0.2, 0) is 30.4 Å². The van der Waals surface area contributed by atoms with Gasteiger partial charge in [-0.3, -0.25) is 24.2 Å². The summed E-state index contributed by atoms with van der Waals surface area (Å²) in [7, 11) is 0. The lowest BCUT2D eigenvalue weighted by molar-refractivity contribution is -0.913. The Morgan fingerprint density at radius 3 is 1.63 bits per heavy atom. The summed E-state index contributed by atoms with van der Waals surface area (Å²) in [5.41, 5.74) is 1.37. The van der Waals surface area contributed by atoms with Gasteiger partial charge in [0.1, 0.15) is 0 Å². The van der Waals surface area contributed by atoms with Crippen LogP contribution in [0.25, 0.3) is 0 Å². The van der Waals surface area contributed by atoms with Crippen LogP contribution in [0, 0.1) is 0 Å². The molecule has 1 rings (SSSR count). The van der Waals surface area contributed by atoms with Gasteiger partial charge in [0.15, 0.2) is 13.1 Å². The highest BCUT2D eigenvalue weighted by Gasteiger charge is 2.34. The number of hydrogen-bond acceptors (Lipinski definition) is 9. The van der Waals surface area contributed by atoms with Crippen molar-refractivity contribution in [3.63, 3.8) is 0 Å². The van der Waals surface area contributed by atoms with E-state index in [1.54, 1.807) is 24.3 Å². The molecule has 0 aliphatic carbocycles. The van der Waals surface area contributed by atoms with Crippen molar-refractivity contribution in [2.24, 2.45) is 4.99 Å². The molecule has 0 fully saturated rings. The van der Waals surface area contributed by atoms with E-state index >= 15 is 0 Å². The highest BCUT2D eigenvalue weighted by atomic mass is 32.1. The standard InChI is InChI=1S/C23H30N4O10S/c28-19(29)11-25(6-7-26(12-20(30)31)13-21(32)33)8-10-27(14-22(34)35,15-23(36)37)9-5-17-1-3-18(4-2-17)24-16-38/h1-4H,5-15H2,(H4-,28,29,30,31,32,33,34,35,36,37)/p+1. The van der Waals surface area contributed by atoms with E-state index in [1.165, 1.54) is 4.90 Å². The van der Waals surface area contributed by atoms with Crippen LogP contribution in [0.2, 0.25) is 0 Å². The Balaban J connectivity index is 3.09. The van der Waals surface area contributed by atoms with Gasteiger partial charge in [0.2, 0.25) is 0 Å². The Kier molecular flexibility index (Phi) is 13.7. The van der Waals surface area contributed by atoms with Crippen LogP contribution in [-0.4, -0.2) is 140 Å². The fourth-order valence-electron chi connectivity index (χ4n) is 3.91. The number of aliphatic carboxylic acids is 5. The monoisotopic (exact) mass is 555 g/mol. The number of aliphatic imine (C=N–C) groups is 1. The minimum Gasteiger partial charge on any atom is -0.480 e. The van der Waals surface area contributed by atoms with E-state index in [0.717, 1.165) is 10.5 Å². The molecule has 15 heteroatoms. The summed E-state index contributed by atoms with van der Waals surface area (Å²) < 4.78 is -0.380. The lowest BCUT2D eigenvalue weighted by atomic mass is 10.1. The van der Waals surface area contributed by atoms with Gasteiger partial charge in [-0.15, -0.1) is 0 Å². The molecule has 0 aliphatic rings. The van der Waals surface area contributed by atoms with Crippen molar-refractivity contribution < 1.29 is 54.0 Å². The SMILES string of the molecule is O=C(O)CN(CCN(CC(=O)O)CC(=O)O)CC[N+](CCc1ccc(N=C=S)cc1)(CC(=O)O)CC(=O)O. The minimum absolute atomic E-state index is 0.0246. The second-order valence-corrected chi connectivity index (χ2v) is 8.86. The van der Waals surface area contributed by atoms with Crippen LogP contribution in [0.5, 0.6) is 0 Å². The quantitative estimate of drug-likeness (QED) is 0.0804. The topological polar surface area (TPSA) is 205 Å². The summed E-state index contributed by atoms with van der Waals surface area (Å²) in [6.45, 7) is -2.72. The van der Waals surface area contributed by atoms with Crippen molar-refractivity contribution in [1.29, 1.82) is 0 Å². The van der Waals surface area contributed by atoms with Crippen molar-refractivity contribution in [2.75, 3.05) is 65.4 Å². The van der Waals surface area contributed by atoms with Crippen LogP contribution >= 0.6 is 12.2 Å². The molecule has 5 N–H and O–H groups in total. The van der Waals surface area contributed by atoms with Gasteiger partial charge in [0, 0.05) is 26.1 Å². The molecule has 0 heterocycles. The molecule has 1 aromatic carbocycles. The Morgan fingerprint density at radius 1 is 0.711 bits per heavy atom. The Hall–Kier alpha value is -3.75. The smallest absolute Gasteiger partial charge is 0.359 e. The molecule has 0 aromatic heterocycles. The Bertz CT molecular complexity index is 1010. The molecule has 208 valence electrons. The van der Waals surface area contributed by atoms with Crippen molar-refractivity contribution in [2.45, 2.75) is 6.42 Å². The zero-order chi connectivity index (χ0) is 28.7. The maximum atomic E-state index is 11.7. The van der Waals surface area contributed by atoms with Crippen molar-refractivity contribution in [3.8, 4) is 0 Å². The first-order chi connectivity index (χ1) is 17.8. The molecular formula is C23H31N4O10S+. The third-order valence-electron chi connectivity index (χ3n) is 5.63. The summed E-state index contributed by atoms with van der Waals surface area (Å²) in [5, 5.41) is 48.7. The van der Waals surface area contributed by atoms with Crippen molar-refractivity contribution in [3.05, 3.63) is 29.8 Å². The largest absolute Gasteiger partial charge is 0.480 e. The number of benzene rings is 1. The third-order valence-corrected chi connectivity index (χ3v) is 5.72. The molecule has 0 unspecified atom stereocenters. The summed E-state index contributed by atoms with van der Waals surface area (Å²) >= 11 is 4.57. The van der Waals surface area contributed by atoms with E-state index < -0.39 is 62.6 Å². The number of carboxylic acid groups (broad SMARTS) is 5. The molecule has 0 amide bonds. The Labute approximate surface area is 223 Å². The summed E-state index contributed by atoms with van der Waals surface area (Å²) in [6, 6.07) is 6.87. The number of hydrogen-bond donors (Lipinski definition) is 5. The molecule has 14 nitrogen and oxygen atoms in total. The van der Waals surface area contributed by atoms with E-state index in [9.17, 15) is 39.3 Å². The lowest BCUT2D eigenvalue weighted by Crippen LogP contribution is -2.58. The van der Waals surface area contributed by atoms with Crippen LogP contribution < -0.4 is 0 Å². The predicted octanol–water partition coefficient (Wildman–Crippen LogP) is -0.193. The van der Waals surface area contributed by atoms with Gasteiger partial charge < -0.3 is 30.0 Å². The normalized spacial score (nSPS) is 11.2. The average molecular weight is 556 g/mol. The number of nitrogens with zero attached hydrogens (tertiary/aromatic N) is 4. The van der Waals surface area contributed by atoms with Crippen LogP contribution in [0.15, 0.2) is 29.3 Å². The van der Waals surface area contributed by atoms with Gasteiger partial charge in [-0.2, -0.15) is 4.99 Å². The van der Waals surface area contributed by atoms with Crippen molar-refractivity contribution >= 4 is 52.9 Å². The van der Waals surface area contributed by atoms with E-state index in [2.05, 4.69) is 22.4 Å². The summed E-state index contributed by atoms with van der Waals surface area (Å²) in [5.74, 6) is -6.17. The van der Waals surface area contributed by atoms with E-state index in [4.69, 9.17) is 10.2 Å². The highest BCUT2D eigenvalue weighted by molar-refractivity contribution is 7.78. The number of quaternary nitrogens is 1. The number of isothiocyanates is 1. The molecular weight excluding hydrogens is 524 g/mol. The molecule has 0 saturated carbocycles. The van der Waals surface area contributed by atoms with Gasteiger partial charge >= 0.3 is 29.8 Å².